The fraction of sp³-hybridized carbons (Fsp3) is 0.267. The molecular weight excluding hydrogens is 245 g/mol. The van der Waals surface area contributed by atoms with Gasteiger partial charge in [0.2, 0.25) is 0 Å². The Balaban J connectivity index is 2.30. The molecule has 2 aromatic carbocycles. The smallest absolute Gasteiger partial charge is 0.252 e. The monoisotopic (exact) mass is 261 g/mol. The molecule has 2 rings (SSSR count). The number of carbonyl (C=O) groups excluding carboxylic acids is 1. The number of hydrogen-bond acceptors (Lipinski definition) is 2. The third-order valence-electron chi connectivity index (χ3n) is 3.07. The van der Waals surface area contributed by atoms with Crippen LogP contribution in [0.2, 0.25) is 0 Å². The Morgan fingerprint density at radius 2 is 1.95 bits per heavy atom. The Kier molecular flexibility index (Phi) is 4.12. The highest BCUT2D eigenvalue weighted by atomic mass is 19.1. The molecule has 0 fully saturated rings. The number of fused-ring (bicyclic) bond motifs is 1. The highest BCUT2D eigenvalue weighted by Gasteiger charge is 2.12. The van der Waals surface area contributed by atoms with E-state index in [0.717, 1.165) is 0 Å². The number of benzene rings is 2. The molecule has 0 aliphatic carbocycles. The maximum Gasteiger partial charge on any atom is 0.252 e. The van der Waals surface area contributed by atoms with Crippen molar-refractivity contribution in [3.63, 3.8) is 0 Å². The van der Waals surface area contributed by atoms with Crippen molar-refractivity contribution in [2.45, 2.75) is 13.0 Å². The number of ether oxygens (including phenoxy) is 1. The van der Waals surface area contributed by atoms with E-state index in [-0.39, 0.29) is 17.8 Å². The third kappa shape index (κ3) is 2.90. The van der Waals surface area contributed by atoms with E-state index in [1.54, 1.807) is 31.4 Å². The van der Waals surface area contributed by atoms with Gasteiger partial charge in [-0.25, -0.2) is 4.39 Å². The van der Waals surface area contributed by atoms with Crippen molar-refractivity contribution in [2.75, 3.05) is 13.7 Å². The summed E-state index contributed by atoms with van der Waals surface area (Å²) in [6.07, 6.45) is -0.0596. The molecule has 0 spiro atoms. The summed E-state index contributed by atoms with van der Waals surface area (Å²) in [5, 5.41) is 3.84. The lowest BCUT2D eigenvalue weighted by atomic mass is 10.0. The number of nitrogens with one attached hydrogen (secondary N) is 1. The van der Waals surface area contributed by atoms with Crippen LogP contribution in [0.3, 0.4) is 0 Å². The van der Waals surface area contributed by atoms with Crippen molar-refractivity contribution < 1.29 is 13.9 Å². The van der Waals surface area contributed by atoms with Gasteiger partial charge in [0.05, 0.1) is 6.10 Å². The van der Waals surface area contributed by atoms with Crippen molar-refractivity contribution in [1.29, 1.82) is 0 Å². The minimum absolute atomic E-state index is 0.0596. The van der Waals surface area contributed by atoms with Gasteiger partial charge < -0.3 is 10.1 Å². The Labute approximate surface area is 111 Å². The zero-order chi connectivity index (χ0) is 13.8. The Morgan fingerprint density at radius 1 is 1.26 bits per heavy atom. The third-order valence-corrected chi connectivity index (χ3v) is 3.07. The zero-order valence-electron chi connectivity index (χ0n) is 10.9. The average molecular weight is 261 g/mol. The van der Waals surface area contributed by atoms with E-state index in [1.807, 2.05) is 6.92 Å². The van der Waals surface area contributed by atoms with Crippen LogP contribution in [0.1, 0.15) is 17.3 Å². The summed E-state index contributed by atoms with van der Waals surface area (Å²) in [5.41, 5.74) is 0.473. The Morgan fingerprint density at radius 3 is 2.63 bits per heavy atom. The molecule has 1 amide bonds. The number of halogens is 1. The summed E-state index contributed by atoms with van der Waals surface area (Å²) in [5.74, 6) is -0.544. The van der Waals surface area contributed by atoms with Gasteiger partial charge in [0.15, 0.2) is 0 Å². The van der Waals surface area contributed by atoms with E-state index in [0.29, 0.717) is 22.9 Å². The maximum absolute atomic E-state index is 13.6. The van der Waals surface area contributed by atoms with E-state index in [9.17, 15) is 9.18 Å². The van der Waals surface area contributed by atoms with Crippen molar-refractivity contribution in [3.8, 4) is 0 Å². The lowest BCUT2D eigenvalue weighted by Gasteiger charge is -2.12. The van der Waals surface area contributed by atoms with Gasteiger partial charge in [-0.2, -0.15) is 0 Å². The molecule has 0 heterocycles. The molecule has 19 heavy (non-hydrogen) atoms. The molecule has 0 saturated heterocycles. The molecule has 0 aliphatic rings. The minimum Gasteiger partial charge on any atom is -0.380 e. The predicted molar refractivity (Wildman–Crippen MR) is 72.7 cm³/mol. The largest absolute Gasteiger partial charge is 0.380 e. The van der Waals surface area contributed by atoms with Crippen LogP contribution >= 0.6 is 0 Å². The van der Waals surface area contributed by atoms with Crippen LogP contribution in [0.5, 0.6) is 0 Å². The summed E-state index contributed by atoms with van der Waals surface area (Å²) in [7, 11) is 1.59. The van der Waals surface area contributed by atoms with E-state index >= 15 is 0 Å². The van der Waals surface area contributed by atoms with E-state index in [1.165, 1.54) is 12.1 Å². The Hall–Kier alpha value is -1.94. The van der Waals surface area contributed by atoms with Crippen LogP contribution in [0.15, 0.2) is 36.4 Å². The summed E-state index contributed by atoms with van der Waals surface area (Å²) < 4.78 is 18.7. The summed E-state index contributed by atoms with van der Waals surface area (Å²) in [4.78, 5) is 12.1. The number of amides is 1. The fourth-order valence-corrected chi connectivity index (χ4v) is 1.88. The van der Waals surface area contributed by atoms with Gasteiger partial charge >= 0.3 is 0 Å². The van der Waals surface area contributed by atoms with Crippen LogP contribution in [0.25, 0.3) is 10.8 Å². The van der Waals surface area contributed by atoms with Gasteiger partial charge in [0.25, 0.3) is 5.91 Å². The topological polar surface area (TPSA) is 38.3 Å². The molecule has 0 radical (unpaired) electrons. The first-order valence-corrected chi connectivity index (χ1v) is 6.11. The van der Waals surface area contributed by atoms with Gasteiger partial charge in [-0.15, -0.1) is 0 Å². The lowest BCUT2D eigenvalue weighted by Crippen LogP contribution is -2.31. The van der Waals surface area contributed by atoms with Crippen LogP contribution in [0.4, 0.5) is 4.39 Å². The zero-order valence-corrected chi connectivity index (χ0v) is 10.9. The van der Waals surface area contributed by atoms with E-state index < -0.39 is 0 Å². The number of hydrogen-bond donors (Lipinski definition) is 1. The first-order chi connectivity index (χ1) is 9.13. The molecule has 3 nitrogen and oxygen atoms in total. The normalized spacial score (nSPS) is 12.4. The summed E-state index contributed by atoms with van der Waals surface area (Å²) in [6, 6.07) is 9.77. The molecule has 2 aromatic rings. The van der Waals surface area contributed by atoms with Crippen molar-refractivity contribution >= 4 is 16.7 Å². The van der Waals surface area contributed by atoms with Gasteiger partial charge in [-0.1, -0.05) is 24.3 Å². The molecule has 1 atom stereocenters. The second-order valence-corrected chi connectivity index (χ2v) is 4.40. The number of methoxy groups -OCH3 is 1. The van der Waals surface area contributed by atoms with Gasteiger partial charge in [0, 0.05) is 24.6 Å². The highest BCUT2D eigenvalue weighted by molar-refractivity contribution is 6.07. The molecular formula is C15H16FNO2. The summed E-state index contributed by atoms with van der Waals surface area (Å²) in [6.45, 7) is 2.28. The molecule has 4 heteroatoms. The first kappa shape index (κ1) is 13.5. The lowest BCUT2D eigenvalue weighted by molar-refractivity contribution is 0.0872. The SMILES string of the molecule is COC(C)CNC(=O)c1ccc(F)c2ccccc12. The molecule has 0 aliphatic heterocycles. The average Bonchev–Trinajstić information content (AvgIpc) is 2.45. The molecule has 1 unspecified atom stereocenters. The van der Waals surface area contributed by atoms with Crippen LogP contribution < -0.4 is 5.32 Å². The molecule has 0 saturated carbocycles. The van der Waals surface area contributed by atoms with Crippen molar-refractivity contribution in [1.82, 2.24) is 5.32 Å². The van der Waals surface area contributed by atoms with Crippen LogP contribution in [-0.4, -0.2) is 25.7 Å². The van der Waals surface area contributed by atoms with E-state index in [4.69, 9.17) is 4.74 Å². The molecule has 0 bridgehead atoms. The number of carbonyl (C=O) groups is 1. The highest BCUT2D eigenvalue weighted by Crippen LogP contribution is 2.21. The van der Waals surface area contributed by atoms with Crippen molar-refractivity contribution in [3.05, 3.63) is 47.8 Å². The second kappa shape index (κ2) is 5.80. The molecule has 1 N–H and O–H groups in total. The molecule has 100 valence electrons. The quantitative estimate of drug-likeness (QED) is 0.919. The van der Waals surface area contributed by atoms with Gasteiger partial charge in [0.1, 0.15) is 5.82 Å². The first-order valence-electron chi connectivity index (χ1n) is 6.11. The Bertz CT molecular complexity index is 598. The summed E-state index contributed by atoms with van der Waals surface area (Å²) >= 11 is 0. The standard InChI is InChI=1S/C15H16FNO2/c1-10(19-2)9-17-15(18)13-7-8-14(16)12-6-4-3-5-11(12)13/h3-8,10H,9H2,1-2H3,(H,17,18). The second-order valence-electron chi connectivity index (χ2n) is 4.40. The van der Waals surface area contributed by atoms with Crippen molar-refractivity contribution in [2.24, 2.45) is 0 Å². The van der Waals surface area contributed by atoms with Gasteiger partial charge in [-0.3, -0.25) is 4.79 Å². The number of rotatable bonds is 4. The van der Waals surface area contributed by atoms with Crippen LogP contribution in [0, 0.1) is 5.82 Å². The predicted octanol–water partition coefficient (Wildman–Crippen LogP) is 2.74. The maximum atomic E-state index is 13.6. The molecule has 0 aromatic heterocycles. The fourth-order valence-electron chi connectivity index (χ4n) is 1.88. The van der Waals surface area contributed by atoms with Crippen LogP contribution in [-0.2, 0) is 4.74 Å². The van der Waals surface area contributed by atoms with Gasteiger partial charge in [-0.05, 0) is 24.4 Å². The van der Waals surface area contributed by atoms with E-state index in [2.05, 4.69) is 5.32 Å². The minimum atomic E-state index is -0.322.